The third kappa shape index (κ3) is 5.48. The first-order valence-corrected chi connectivity index (χ1v) is 9.84. The first kappa shape index (κ1) is 22.9. The van der Waals surface area contributed by atoms with Gasteiger partial charge >= 0.3 is 6.18 Å². The first-order valence-electron chi connectivity index (χ1n) is 9.09. The minimum absolute atomic E-state index is 0.0913. The monoisotopic (exact) mass is 473 g/mol. The summed E-state index contributed by atoms with van der Waals surface area (Å²) in [6.45, 7) is 1.01. The van der Waals surface area contributed by atoms with Crippen molar-refractivity contribution in [2.45, 2.75) is 6.18 Å². The molecule has 6 nitrogen and oxygen atoms in total. The van der Waals surface area contributed by atoms with Gasteiger partial charge in [-0.1, -0.05) is 29.3 Å². The van der Waals surface area contributed by atoms with Gasteiger partial charge in [0.2, 0.25) is 5.91 Å². The highest BCUT2D eigenvalue weighted by atomic mass is 35.5. The van der Waals surface area contributed by atoms with Crippen LogP contribution in [0.3, 0.4) is 0 Å². The van der Waals surface area contributed by atoms with Gasteiger partial charge < -0.3 is 9.80 Å². The van der Waals surface area contributed by atoms with E-state index in [1.54, 1.807) is 34.1 Å². The van der Waals surface area contributed by atoms with E-state index < -0.39 is 22.4 Å². The van der Waals surface area contributed by atoms with E-state index in [2.05, 4.69) is 0 Å². The molecule has 31 heavy (non-hydrogen) atoms. The molecule has 0 spiro atoms. The van der Waals surface area contributed by atoms with Crippen LogP contribution in [0.15, 0.2) is 42.5 Å². The number of nitro groups is 1. The Hall–Kier alpha value is -2.78. The summed E-state index contributed by atoms with van der Waals surface area (Å²) in [4.78, 5) is 26.1. The van der Waals surface area contributed by atoms with Gasteiger partial charge in [-0.25, -0.2) is 0 Å². The van der Waals surface area contributed by atoms with Gasteiger partial charge in [-0.3, -0.25) is 14.9 Å². The van der Waals surface area contributed by atoms with E-state index in [1.165, 1.54) is 6.08 Å². The number of hydrogen-bond donors (Lipinski definition) is 0. The Kier molecular flexibility index (Phi) is 6.76. The second-order valence-electron chi connectivity index (χ2n) is 6.77. The average Bonchev–Trinajstić information content (AvgIpc) is 2.72. The summed E-state index contributed by atoms with van der Waals surface area (Å²) in [5, 5.41) is 12.2. The van der Waals surface area contributed by atoms with Crippen molar-refractivity contribution in [1.29, 1.82) is 0 Å². The Morgan fingerprint density at radius 3 is 2.32 bits per heavy atom. The maximum Gasteiger partial charge on any atom is 0.416 e. The molecule has 0 bridgehead atoms. The third-order valence-electron chi connectivity index (χ3n) is 4.80. The number of piperazine rings is 1. The summed E-state index contributed by atoms with van der Waals surface area (Å²) in [6.07, 6.45) is -1.74. The summed E-state index contributed by atoms with van der Waals surface area (Å²) in [6, 6.07) is 7.33. The van der Waals surface area contributed by atoms with Gasteiger partial charge in [-0.15, -0.1) is 0 Å². The molecule has 1 fully saturated rings. The highest BCUT2D eigenvalue weighted by Crippen LogP contribution is 2.36. The normalized spacial score (nSPS) is 14.9. The SMILES string of the molecule is O=C(C=Cc1ccc(Cl)cc1Cl)N1CCN(c2ccc(C(F)(F)F)cc2[N+](=O)[O-])CC1. The quantitative estimate of drug-likeness (QED) is 0.344. The Labute approximate surface area is 185 Å². The zero-order chi connectivity index (χ0) is 22.8. The fraction of sp³-hybridized carbons (Fsp3) is 0.250. The average molecular weight is 474 g/mol. The number of nitro benzene ring substituents is 1. The van der Waals surface area contributed by atoms with Crippen LogP contribution in [0.25, 0.3) is 6.08 Å². The molecular formula is C20H16Cl2F3N3O3. The van der Waals surface area contributed by atoms with Crippen molar-refractivity contribution in [3.05, 3.63) is 73.8 Å². The molecule has 0 radical (unpaired) electrons. The molecule has 0 aromatic heterocycles. The van der Waals surface area contributed by atoms with E-state index >= 15 is 0 Å². The lowest BCUT2D eigenvalue weighted by Crippen LogP contribution is -2.48. The van der Waals surface area contributed by atoms with Crippen molar-refractivity contribution in [1.82, 2.24) is 4.90 Å². The maximum absolute atomic E-state index is 12.9. The van der Waals surface area contributed by atoms with Gasteiger partial charge in [0.25, 0.3) is 5.69 Å². The van der Waals surface area contributed by atoms with Gasteiger partial charge in [0.05, 0.1) is 10.5 Å². The van der Waals surface area contributed by atoms with E-state index in [0.717, 1.165) is 12.1 Å². The fourth-order valence-electron chi connectivity index (χ4n) is 3.18. The van der Waals surface area contributed by atoms with Crippen LogP contribution in [0, 0.1) is 10.1 Å². The van der Waals surface area contributed by atoms with Crippen LogP contribution in [0.2, 0.25) is 10.0 Å². The van der Waals surface area contributed by atoms with Crippen LogP contribution in [0.5, 0.6) is 0 Å². The Balaban J connectivity index is 1.68. The zero-order valence-corrected chi connectivity index (χ0v) is 17.4. The van der Waals surface area contributed by atoms with Gasteiger partial charge in [-0.05, 0) is 35.9 Å². The smallest absolute Gasteiger partial charge is 0.362 e. The van der Waals surface area contributed by atoms with Crippen LogP contribution in [0.1, 0.15) is 11.1 Å². The van der Waals surface area contributed by atoms with E-state index in [9.17, 15) is 28.1 Å². The Morgan fingerprint density at radius 1 is 1.06 bits per heavy atom. The molecule has 1 saturated heterocycles. The summed E-state index contributed by atoms with van der Waals surface area (Å²) >= 11 is 11.9. The predicted molar refractivity (Wildman–Crippen MR) is 112 cm³/mol. The molecule has 1 heterocycles. The second kappa shape index (κ2) is 9.15. The van der Waals surface area contributed by atoms with Crippen LogP contribution >= 0.6 is 23.2 Å². The Bertz CT molecular complexity index is 1040. The van der Waals surface area contributed by atoms with Crippen molar-refractivity contribution in [3.8, 4) is 0 Å². The predicted octanol–water partition coefficient (Wildman–Crippen LogP) is 5.28. The molecular weight excluding hydrogens is 458 g/mol. The third-order valence-corrected chi connectivity index (χ3v) is 5.36. The minimum Gasteiger partial charge on any atom is -0.362 e. The van der Waals surface area contributed by atoms with Crippen LogP contribution in [-0.4, -0.2) is 41.9 Å². The summed E-state index contributed by atoms with van der Waals surface area (Å²) in [5.74, 6) is -0.271. The minimum atomic E-state index is -4.67. The molecule has 164 valence electrons. The largest absolute Gasteiger partial charge is 0.416 e. The van der Waals surface area contributed by atoms with Crippen LogP contribution in [-0.2, 0) is 11.0 Å². The molecule has 0 N–H and O–H groups in total. The number of benzene rings is 2. The molecule has 2 aromatic carbocycles. The summed E-state index contributed by atoms with van der Waals surface area (Å²) < 4.78 is 38.7. The molecule has 11 heteroatoms. The van der Waals surface area contributed by atoms with Crippen molar-refractivity contribution in [2.75, 3.05) is 31.1 Å². The molecule has 3 rings (SSSR count). The number of halogens is 5. The van der Waals surface area contributed by atoms with E-state index in [-0.39, 0.29) is 37.8 Å². The summed E-state index contributed by atoms with van der Waals surface area (Å²) in [5.41, 5.74) is -0.985. The van der Waals surface area contributed by atoms with E-state index in [1.807, 2.05) is 0 Å². The number of carbonyl (C=O) groups excluding carboxylic acids is 1. The van der Waals surface area contributed by atoms with Crippen LogP contribution < -0.4 is 4.90 Å². The fourth-order valence-corrected chi connectivity index (χ4v) is 3.66. The van der Waals surface area contributed by atoms with Gasteiger partial charge in [0.15, 0.2) is 0 Å². The number of amides is 1. The highest BCUT2D eigenvalue weighted by molar-refractivity contribution is 6.35. The molecule has 0 atom stereocenters. The lowest BCUT2D eigenvalue weighted by molar-refractivity contribution is -0.384. The maximum atomic E-state index is 12.9. The van der Waals surface area contributed by atoms with E-state index in [0.29, 0.717) is 21.7 Å². The molecule has 0 aliphatic carbocycles. The zero-order valence-electron chi connectivity index (χ0n) is 15.9. The van der Waals surface area contributed by atoms with Crippen molar-refractivity contribution >= 4 is 46.6 Å². The Morgan fingerprint density at radius 2 is 1.74 bits per heavy atom. The van der Waals surface area contributed by atoms with Crippen LogP contribution in [0.4, 0.5) is 24.5 Å². The van der Waals surface area contributed by atoms with E-state index in [4.69, 9.17) is 23.2 Å². The van der Waals surface area contributed by atoms with Crippen molar-refractivity contribution < 1.29 is 22.9 Å². The molecule has 0 unspecified atom stereocenters. The molecule has 1 aliphatic heterocycles. The van der Waals surface area contributed by atoms with Crippen molar-refractivity contribution in [2.24, 2.45) is 0 Å². The molecule has 2 aromatic rings. The number of anilines is 1. The van der Waals surface area contributed by atoms with Gasteiger partial charge in [0.1, 0.15) is 5.69 Å². The number of alkyl halides is 3. The summed E-state index contributed by atoms with van der Waals surface area (Å²) in [7, 11) is 0. The molecule has 1 amide bonds. The number of carbonyl (C=O) groups is 1. The molecule has 1 aliphatic rings. The second-order valence-corrected chi connectivity index (χ2v) is 7.61. The topological polar surface area (TPSA) is 66.7 Å². The molecule has 0 saturated carbocycles. The first-order chi connectivity index (χ1) is 14.6. The lowest BCUT2D eigenvalue weighted by Gasteiger charge is -2.35. The number of nitrogens with zero attached hydrogens (tertiary/aromatic N) is 3. The van der Waals surface area contributed by atoms with Gasteiger partial charge in [0, 0.05) is 48.4 Å². The van der Waals surface area contributed by atoms with Crippen molar-refractivity contribution in [3.63, 3.8) is 0 Å². The van der Waals surface area contributed by atoms with Gasteiger partial charge in [-0.2, -0.15) is 13.2 Å². The standard InChI is InChI=1S/C20H16Cl2F3N3O3/c21-15-4-1-13(16(22)12-15)2-6-19(29)27-9-7-26(8-10-27)17-5-3-14(20(23,24)25)11-18(17)28(30)31/h1-6,11-12H,7-10H2. The lowest BCUT2D eigenvalue weighted by atomic mass is 10.1. The number of hydrogen-bond acceptors (Lipinski definition) is 4. The highest BCUT2D eigenvalue weighted by Gasteiger charge is 2.34. The number of rotatable bonds is 4.